The molecule has 0 radical (unpaired) electrons. The fourth-order valence-corrected chi connectivity index (χ4v) is 4.07. The number of carbonyl (C=O) groups excluding carboxylic acids is 1. The molecule has 0 aliphatic carbocycles. The van der Waals surface area contributed by atoms with E-state index in [0.29, 0.717) is 25.4 Å². The van der Waals surface area contributed by atoms with Crippen LogP contribution in [0.1, 0.15) is 44.6 Å². The lowest BCUT2D eigenvalue weighted by atomic mass is 9.87. The number of amides is 1. The molecule has 170 valence electrons. The fraction of sp³-hybridized carbons (Fsp3) is 0.400. The van der Waals surface area contributed by atoms with Crippen molar-refractivity contribution in [2.75, 3.05) is 12.3 Å². The Labute approximate surface area is 194 Å². The molecule has 0 bridgehead atoms. The van der Waals surface area contributed by atoms with Crippen LogP contribution < -0.4 is 10.1 Å². The van der Waals surface area contributed by atoms with Crippen LogP contribution in [0.15, 0.2) is 59.8 Å². The molecule has 1 heterocycles. The molecule has 32 heavy (non-hydrogen) atoms. The van der Waals surface area contributed by atoms with Gasteiger partial charge in [-0.05, 0) is 42.0 Å². The number of carbonyl (C=O) groups is 1. The van der Waals surface area contributed by atoms with Gasteiger partial charge in [-0.15, -0.1) is 10.2 Å². The Kier molecular flexibility index (Phi) is 8.33. The molecular weight excluding hydrogens is 420 g/mol. The summed E-state index contributed by atoms with van der Waals surface area (Å²) in [6.45, 7) is 10.3. The summed E-state index contributed by atoms with van der Waals surface area (Å²) in [5.74, 6) is 1.85. The first-order valence-corrected chi connectivity index (χ1v) is 11.9. The zero-order chi connectivity index (χ0) is 23.0. The van der Waals surface area contributed by atoms with Gasteiger partial charge in [0, 0.05) is 13.1 Å². The van der Waals surface area contributed by atoms with E-state index in [4.69, 9.17) is 4.74 Å². The molecule has 1 aromatic heterocycles. The molecule has 0 saturated carbocycles. The van der Waals surface area contributed by atoms with Crippen LogP contribution in [0.25, 0.3) is 0 Å². The predicted octanol–water partition coefficient (Wildman–Crippen LogP) is 4.63. The lowest BCUT2D eigenvalue weighted by molar-refractivity contribution is -0.118. The number of aromatic nitrogens is 3. The van der Waals surface area contributed by atoms with Crippen molar-refractivity contribution >= 4 is 17.7 Å². The van der Waals surface area contributed by atoms with E-state index in [1.54, 1.807) is 0 Å². The maximum absolute atomic E-state index is 12.2. The monoisotopic (exact) mass is 452 g/mol. The molecule has 6 nitrogen and oxygen atoms in total. The van der Waals surface area contributed by atoms with Gasteiger partial charge in [0.25, 0.3) is 0 Å². The van der Waals surface area contributed by atoms with E-state index in [1.807, 2.05) is 41.8 Å². The third-order valence-electron chi connectivity index (χ3n) is 5.11. The van der Waals surface area contributed by atoms with Crippen LogP contribution in [0.4, 0.5) is 0 Å². The summed E-state index contributed by atoms with van der Waals surface area (Å²) < 4.78 is 7.92. The minimum atomic E-state index is -0.00618. The molecule has 2 aromatic carbocycles. The normalized spacial score (nSPS) is 11.4. The molecule has 0 aliphatic rings. The van der Waals surface area contributed by atoms with Gasteiger partial charge in [0.1, 0.15) is 12.4 Å². The van der Waals surface area contributed by atoms with Crippen molar-refractivity contribution in [2.24, 2.45) is 0 Å². The number of nitrogens with one attached hydrogen (secondary N) is 1. The summed E-state index contributed by atoms with van der Waals surface area (Å²) in [6, 6.07) is 18.3. The quantitative estimate of drug-likeness (QED) is 0.455. The Morgan fingerprint density at radius 1 is 1.06 bits per heavy atom. The van der Waals surface area contributed by atoms with E-state index in [1.165, 1.54) is 22.9 Å². The molecular formula is C25H32N4O2S. The summed E-state index contributed by atoms with van der Waals surface area (Å²) in [5, 5.41) is 12.2. The maximum atomic E-state index is 12.2. The Bertz CT molecular complexity index is 995. The molecule has 1 amide bonds. The summed E-state index contributed by atoms with van der Waals surface area (Å²) >= 11 is 1.39. The molecule has 1 N–H and O–H groups in total. The van der Waals surface area contributed by atoms with Crippen molar-refractivity contribution in [2.45, 2.75) is 57.8 Å². The summed E-state index contributed by atoms with van der Waals surface area (Å²) in [6.07, 6.45) is 0.820. The molecule has 3 rings (SSSR count). The molecule has 0 aliphatic heterocycles. The topological polar surface area (TPSA) is 69.0 Å². The zero-order valence-corrected chi connectivity index (χ0v) is 20.1. The van der Waals surface area contributed by atoms with Crippen LogP contribution in [-0.2, 0) is 29.8 Å². The van der Waals surface area contributed by atoms with Crippen molar-refractivity contribution in [3.63, 3.8) is 0 Å². The highest BCUT2D eigenvalue weighted by Gasteiger charge is 2.15. The van der Waals surface area contributed by atoms with E-state index in [0.717, 1.165) is 23.2 Å². The molecule has 0 spiro atoms. The number of ether oxygens (including phenoxy) is 1. The van der Waals surface area contributed by atoms with E-state index >= 15 is 0 Å². The van der Waals surface area contributed by atoms with Gasteiger partial charge in [-0.2, -0.15) is 0 Å². The van der Waals surface area contributed by atoms with Gasteiger partial charge in [-0.1, -0.05) is 75.0 Å². The lowest BCUT2D eigenvalue weighted by Crippen LogP contribution is -2.27. The van der Waals surface area contributed by atoms with Crippen molar-refractivity contribution in [3.8, 4) is 5.75 Å². The Morgan fingerprint density at radius 3 is 2.44 bits per heavy atom. The van der Waals surface area contributed by atoms with Crippen LogP contribution in [0, 0.1) is 0 Å². The minimum absolute atomic E-state index is 0.00618. The van der Waals surface area contributed by atoms with Gasteiger partial charge in [-0.3, -0.25) is 4.79 Å². The standard InChI is InChI=1S/C25H32N4O2S/c1-5-29-22(17-31-21-13-11-20(12-14-21)25(2,3)4)27-28-24(29)32-18-23(30)26-16-15-19-9-7-6-8-10-19/h6-14H,5,15-18H2,1-4H3,(H,26,30). The van der Waals surface area contributed by atoms with Crippen molar-refractivity contribution in [1.82, 2.24) is 20.1 Å². The van der Waals surface area contributed by atoms with Gasteiger partial charge in [0.15, 0.2) is 11.0 Å². The summed E-state index contributed by atoms with van der Waals surface area (Å²) in [4.78, 5) is 12.2. The first kappa shape index (κ1) is 23.9. The Morgan fingerprint density at radius 2 is 1.78 bits per heavy atom. The highest BCUT2D eigenvalue weighted by molar-refractivity contribution is 7.99. The minimum Gasteiger partial charge on any atom is -0.486 e. The van der Waals surface area contributed by atoms with Gasteiger partial charge in [-0.25, -0.2) is 0 Å². The molecule has 3 aromatic rings. The summed E-state index contributed by atoms with van der Waals surface area (Å²) in [5.41, 5.74) is 2.59. The Balaban J connectivity index is 1.48. The summed E-state index contributed by atoms with van der Waals surface area (Å²) in [7, 11) is 0. The second-order valence-corrected chi connectivity index (χ2v) is 9.52. The average Bonchev–Trinajstić information content (AvgIpc) is 3.18. The molecule has 0 fully saturated rings. The van der Waals surface area contributed by atoms with Gasteiger partial charge >= 0.3 is 0 Å². The smallest absolute Gasteiger partial charge is 0.230 e. The molecule has 7 heteroatoms. The average molecular weight is 453 g/mol. The number of rotatable bonds is 10. The third kappa shape index (κ3) is 6.85. The SMILES string of the molecule is CCn1c(COc2ccc(C(C)(C)C)cc2)nnc1SCC(=O)NCCc1ccccc1. The number of hydrogen-bond donors (Lipinski definition) is 1. The van der Waals surface area contributed by atoms with Crippen LogP contribution in [0.5, 0.6) is 5.75 Å². The second kappa shape index (κ2) is 11.2. The van der Waals surface area contributed by atoms with Gasteiger partial charge in [0.05, 0.1) is 5.75 Å². The van der Waals surface area contributed by atoms with E-state index in [-0.39, 0.29) is 11.3 Å². The van der Waals surface area contributed by atoms with E-state index < -0.39 is 0 Å². The van der Waals surface area contributed by atoms with E-state index in [2.05, 4.69) is 60.6 Å². The highest BCUT2D eigenvalue weighted by atomic mass is 32.2. The first-order chi connectivity index (χ1) is 15.4. The van der Waals surface area contributed by atoms with Crippen molar-refractivity contribution in [1.29, 1.82) is 0 Å². The van der Waals surface area contributed by atoms with Crippen LogP contribution >= 0.6 is 11.8 Å². The number of nitrogens with zero attached hydrogens (tertiary/aromatic N) is 3. The molecule has 0 saturated heterocycles. The lowest BCUT2D eigenvalue weighted by Gasteiger charge is -2.19. The molecule has 0 atom stereocenters. The van der Waals surface area contributed by atoms with Crippen LogP contribution in [0.2, 0.25) is 0 Å². The first-order valence-electron chi connectivity index (χ1n) is 11.0. The maximum Gasteiger partial charge on any atom is 0.230 e. The number of hydrogen-bond acceptors (Lipinski definition) is 5. The zero-order valence-electron chi connectivity index (χ0n) is 19.3. The van der Waals surface area contributed by atoms with Crippen molar-refractivity contribution in [3.05, 3.63) is 71.5 Å². The van der Waals surface area contributed by atoms with Gasteiger partial charge in [0.2, 0.25) is 5.91 Å². The number of thioether (sulfide) groups is 1. The largest absolute Gasteiger partial charge is 0.486 e. The fourth-order valence-electron chi connectivity index (χ4n) is 3.22. The van der Waals surface area contributed by atoms with Crippen LogP contribution in [0.3, 0.4) is 0 Å². The van der Waals surface area contributed by atoms with E-state index in [9.17, 15) is 4.79 Å². The highest BCUT2D eigenvalue weighted by Crippen LogP contribution is 2.25. The van der Waals surface area contributed by atoms with Crippen LogP contribution in [-0.4, -0.2) is 33.0 Å². The Hall–Kier alpha value is -2.80. The second-order valence-electron chi connectivity index (χ2n) is 8.58. The number of benzene rings is 2. The third-order valence-corrected chi connectivity index (χ3v) is 6.08. The molecule has 0 unspecified atom stereocenters. The van der Waals surface area contributed by atoms with Gasteiger partial charge < -0.3 is 14.6 Å². The van der Waals surface area contributed by atoms with Crippen molar-refractivity contribution < 1.29 is 9.53 Å². The predicted molar refractivity (Wildman–Crippen MR) is 129 cm³/mol.